The highest BCUT2D eigenvalue weighted by atomic mass is 32.7. The third kappa shape index (κ3) is 3.26. The number of hydrogen-bond acceptors (Lipinski definition) is 6. The highest BCUT2D eigenvalue weighted by molar-refractivity contribution is 8.47. The lowest BCUT2D eigenvalue weighted by Crippen LogP contribution is -2.14. The molecule has 0 radical (unpaired) electrons. The van der Waals surface area contributed by atoms with E-state index in [4.69, 9.17) is 18.3 Å². The van der Waals surface area contributed by atoms with Gasteiger partial charge in [0.2, 0.25) is 0 Å². The summed E-state index contributed by atoms with van der Waals surface area (Å²) >= 11 is 4.37. The molecule has 0 N–H and O–H groups in total. The van der Waals surface area contributed by atoms with Crippen LogP contribution < -0.4 is 9.26 Å². The molecule has 18 heavy (non-hydrogen) atoms. The first-order valence-corrected chi connectivity index (χ1v) is 8.35. The molecule has 2 heterocycles. The molecule has 0 aromatic carbocycles. The van der Waals surface area contributed by atoms with Crippen molar-refractivity contribution in [3.8, 4) is 11.6 Å². The van der Waals surface area contributed by atoms with Crippen LogP contribution in [0.15, 0.2) is 12.3 Å². The average Bonchev–Trinajstić information content (AvgIpc) is 2.36. The second kappa shape index (κ2) is 5.61. The molecule has 1 unspecified atom stereocenters. The molecule has 1 atom stereocenters. The summed E-state index contributed by atoms with van der Waals surface area (Å²) in [4.78, 5) is 4.18. The van der Waals surface area contributed by atoms with Gasteiger partial charge in [-0.3, -0.25) is 4.52 Å². The number of rotatable bonds is 4. The number of fused-ring (bicyclic) bond motifs is 1. The van der Waals surface area contributed by atoms with E-state index in [1.807, 2.05) is 6.07 Å². The quantitative estimate of drug-likeness (QED) is 0.681. The highest BCUT2D eigenvalue weighted by Gasteiger charge is 2.48. The zero-order valence-corrected chi connectivity index (χ0v) is 12.4. The van der Waals surface area contributed by atoms with Crippen molar-refractivity contribution in [2.75, 3.05) is 13.7 Å². The fourth-order valence-electron chi connectivity index (χ4n) is 1.37. The van der Waals surface area contributed by atoms with Gasteiger partial charge in [0.25, 0.3) is 5.88 Å². The summed E-state index contributed by atoms with van der Waals surface area (Å²) in [7, 11) is -0.989. The Morgan fingerprint density at radius 3 is 3.00 bits per heavy atom. The van der Waals surface area contributed by atoms with Crippen molar-refractivity contribution in [1.82, 2.24) is 4.98 Å². The number of nitrogens with zero attached hydrogens (tertiary/aromatic N) is 1. The summed E-state index contributed by atoms with van der Waals surface area (Å²) in [5, 5.41) is 0. The zero-order chi connectivity index (χ0) is 13.2. The van der Waals surface area contributed by atoms with Gasteiger partial charge >= 0.3 is 7.15 Å². The molecule has 7 heteroatoms. The Morgan fingerprint density at radius 1 is 1.56 bits per heavy atom. The van der Waals surface area contributed by atoms with E-state index in [1.54, 1.807) is 13.3 Å². The van der Waals surface area contributed by atoms with Gasteiger partial charge in [-0.2, -0.15) is 9.05 Å². The van der Waals surface area contributed by atoms with Crippen LogP contribution in [0.5, 0.6) is 11.6 Å². The predicted molar refractivity (Wildman–Crippen MR) is 72.9 cm³/mol. The molecule has 1 aromatic heterocycles. The van der Waals surface area contributed by atoms with E-state index >= 15 is 0 Å². The molecule has 0 bridgehead atoms. The number of pyridine rings is 1. The maximum absolute atomic E-state index is 5.63. The van der Waals surface area contributed by atoms with Crippen LogP contribution in [-0.4, -0.2) is 18.7 Å². The summed E-state index contributed by atoms with van der Waals surface area (Å²) in [6.07, 6.45) is 1.60. The molecule has 1 aromatic rings. The first kappa shape index (κ1) is 13.9. The molecule has 1 aliphatic rings. The standard InChI is InChI=1S/C11H17NO4PS/c1-8(2)6-14-17(18)15-7-9-4-10(13-3)5-12-11(9)16-17/h4-5,8,18H,6-7H2,1-3H3/q+1. The van der Waals surface area contributed by atoms with Crippen LogP contribution in [-0.2, 0) is 15.7 Å². The second-order valence-corrected chi connectivity index (χ2v) is 7.47. The largest absolute Gasteiger partial charge is 0.523 e. The Bertz CT molecular complexity index is 432. The summed E-state index contributed by atoms with van der Waals surface area (Å²) < 4.78 is 21.9. The van der Waals surface area contributed by atoms with Crippen molar-refractivity contribution in [2.24, 2.45) is 5.92 Å². The number of ether oxygens (including phenoxy) is 1. The molecule has 1 aliphatic heterocycles. The molecule has 0 aliphatic carbocycles. The fourth-order valence-corrected chi connectivity index (χ4v) is 3.32. The van der Waals surface area contributed by atoms with Gasteiger partial charge < -0.3 is 4.74 Å². The van der Waals surface area contributed by atoms with Gasteiger partial charge in [-0.25, -0.2) is 4.98 Å². The Balaban J connectivity index is 2.09. The van der Waals surface area contributed by atoms with Crippen LogP contribution in [0.25, 0.3) is 0 Å². The first-order valence-electron chi connectivity index (χ1n) is 5.66. The normalized spacial score (nSPS) is 22.5. The minimum Gasteiger partial charge on any atom is -0.495 e. The van der Waals surface area contributed by atoms with Gasteiger partial charge in [-0.15, -0.1) is 0 Å². The molecule has 5 nitrogen and oxygen atoms in total. The minimum absolute atomic E-state index is 0.370. The number of hydrogen-bond donors (Lipinski definition) is 1. The Labute approximate surface area is 113 Å². The molecule has 0 saturated carbocycles. The number of methoxy groups -OCH3 is 1. The van der Waals surface area contributed by atoms with E-state index in [-0.39, 0.29) is 0 Å². The molecular formula is C11H17NO4PS+. The molecular weight excluding hydrogens is 273 g/mol. The van der Waals surface area contributed by atoms with E-state index in [1.165, 1.54) is 0 Å². The van der Waals surface area contributed by atoms with Crippen molar-refractivity contribution in [2.45, 2.75) is 20.5 Å². The van der Waals surface area contributed by atoms with E-state index < -0.39 is 7.15 Å². The average molecular weight is 290 g/mol. The van der Waals surface area contributed by atoms with Crippen LogP contribution in [0.4, 0.5) is 0 Å². The zero-order valence-electron chi connectivity index (χ0n) is 10.6. The van der Waals surface area contributed by atoms with Gasteiger partial charge in [0.15, 0.2) is 0 Å². The van der Waals surface area contributed by atoms with Crippen LogP contribution >= 0.6 is 19.4 Å². The van der Waals surface area contributed by atoms with Crippen LogP contribution in [0.1, 0.15) is 19.4 Å². The highest BCUT2D eigenvalue weighted by Crippen LogP contribution is 2.68. The van der Waals surface area contributed by atoms with Crippen molar-refractivity contribution < 1.29 is 18.3 Å². The summed E-state index contributed by atoms with van der Waals surface area (Å²) in [5.74, 6) is 1.58. The maximum Gasteiger partial charge on any atom is 0.523 e. The Kier molecular flexibility index (Phi) is 4.33. The van der Waals surface area contributed by atoms with E-state index in [2.05, 4.69) is 31.1 Å². The monoisotopic (exact) mass is 290 g/mol. The lowest BCUT2D eigenvalue weighted by Gasteiger charge is -2.22. The molecule has 0 saturated heterocycles. The van der Waals surface area contributed by atoms with Crippen molar-refractivity contribution in [3.63, 3.8) is 0 Å². The summed E-state index contributed by atoms with van der Waals surface area (Å²) in [6, 6.07) is 1.84. The molecule has 2 rings (SSSR count). The first-order chi connectivity index (χ1) is 8.52. The molecule has 0 fully saturated rings. The van der Waals surface area contributed by atoms with Crippen LogP contribution in [0.3, 0.4) is 0 Å². The third-order valence-electron chi connectivity index (χ3n) is 2.29. The Morgan fingerprint density at radius 2 is 2.33 bits per heavy atom. The van der Waals surface area contributed by atoms with E-state index in [9.17, 15) is 0 Å². The van der Waals surface area contributed by atoms with Crippen molar-refractivity contribution >= 4 is 19.4 Å². The fraction of sp³-hybridized carbons (Fsp3) is 0.545. The predicted octanol–water partition coefficient (Wildman–Crippen LogP) is 3.28. The maximum atomic E-state index is 5.63. The molecule has 0 amide bonds. The third-order valence-corrected chi connectivity index (χ3v) is 4.56. The topological polar surface area (TPSA) is 49.8 Å². The van der Waals surface area contributed by atoms with Crippen molar-refractivity contribution in [3.05, 3.63) is 17.8 Å². The van der Waals surface area contributed by atoms with E-state index in [0.717, 1.165) is 5.56 Å². The Hall–Kier alpha value is -0.550. The van der Waals surface area contributed by atoms with Gasteiger partial charge in [0.05, 0.1) is 18.9 Å². The number of aromatic nitrogens is 1. The second-order valence-electron chi connectivity index (χ2n) is 4.36. The van der Waals surface area contributed by atoms with Gasteiger partial charge in [0, 0.05) is 0 Å². The summed E-state index contributed by atoms with van der Waals surface area (Å²) in [6.45, 7) is 5.03. The minimum atomic E-state index is -2.58. The lowest BCUT2D eigenvalue weighted by atomic mass is 10.2. The van der Waals surface area contributed by atoms with E-state index in [0.29, 0.717) is 30.8 Å². The van der Waals surface area contributed by atoms with Gasteiger partial charge in [0.1, 0.15) is 31.2 Å². The van der Waals surface area contributed by atoms with Gasteiger partial charge in [-0.05, 0) is 12.0 Å². The van der Waals surface area contributed by atoms with Crippen LogP contribution in [0.2, 0.25) is 0 Å². The van der Waals surface area contributed by atoms with Crippen molar-refractivity contribution in [1.29, 1.82) is 0 Å². The lowest BCUT2D eigenvalue weighted by molar-refractivity contribution is 0.159. The SMILES string of the molecule is COc1cnc2c(c1)CO[P+](S)(OCC(C)C)O2. The molecule has 100 valence electrons. The van der Waals surface area contributed by atoms with Gasteiger partial charge in [-0.1, -0.05) is 13.8 Å². The van der Waals surface area contributed by atoms with Crippen LogP contribution in [0, 0.1) is 5.92 Å². The smallest absolute Gasteiger partial charge is 0.495 e. The number of thiol groups is 1. The molecule has 0 spiro atoms. The summed E-state index contributed by atoms with van der Waals surface area (Å²) in [5.41, 5.74) is 0.840.